The van der Waals surface area contributed by atoms with Crippen LogP contribution in [0.2, 0.25) is 5.02 Å². The van der Waals surface area contributed by atoms with Crippen molar-refractivity contribution < 1.29 is 9.59 Å². The molecular weight excluding hydrogens is 262 g/mol. The second-order valence-electron chi connectivity index (χ2n) is 4.12. The topological polar surface area (TPSA) is 60.2 Å². The Bertz CT molecular complexity index is 593. The highest BCUT2D eigenvalue weighted by Crippen LogP contribution is 2.21. The molecule has 96 valence electrons. The molecule has 0 saturated heterocycles. The smallest absolute Gasteiger partial charge is 0.232 e. The Balaban J connectivity index is 2.38. The van der Waals surface area contributed by atoms with Gasteiger partial charge in [0.1, 0.15) is 5.92 Å². The summed E-state index contributed by atoms with van der Waals surface area (Å²) in [5.74, 6) is -1.95. The number of rotatable bonds is 4. The summed E-state index contributed by atoms with van der Waals surface area (Å²) >= 11 is 5.77. The minimum Gasteiger partial charge on any atom is -0.369 e. The molecule has 4 heteroatoms. The number of carbonyl (C=O) groups excluding carboxylic acids is 2. The number of halogens is 1. The first-order valence-corrected chi connectivity index (χ1v) is 6.11. The van der Waals surface area contributed by atoms with Crippen LogP contribution in [0, 0.1) is 0 Å². The van der Waals surface area contributed by atoms with E-state index in [1.165, 1.54) is 0 Å². The number of primary amides is 1. The third-order valence-electron chi connectivity index (χ3n) is 2.81. The summed E-state index contributed by atoms with van der Waals surface area (Å²) in [5.41, 5.74) is 6.36. The Morgan fingerprint density at radius 1 is 0.947 bits per heavy atom. The maximum atomic E-state index is 12.4. The van der Waals surface area contributed by atoms with E-state index in [-0.39, 0.29) is 5.78 Å². The summed E-state index contributed by atoms with van der Waals surface area (Å²) in [4.78, 5) is 23.9. The van der Waals surface area contributed by atoms with Crippen LogP contribution in [0.1, 0.15) is 21.8 Å². The molecule has 0 aliphatic rings. The van der Waals surface area contributed by atoms with Gasteiger partial charge in [-0.3, -0.25) is 9.59 Å². The van der Waals surface area contributed by atoms with Crippen LogP contribution in [0.4, 0.5) is 0 Å². The van der Waals surface area contributed by atoms with Crippen molar-refractivity contribution in [1.29, 1.82) is 0 Å². The molecule has 19 heavy (non-hydrogen) atoms. The normalized spacial score (nSPS) is 11.8. The zero-order valence-electron chi connectivity index (χ0n) is 10.0. The highest BCUT2D eigenvalue weighted by Gasteiger charge is 2.27. The number of carbonyl (C=O) groups is 2. The Hall–Kier alpha value is -2.13. The first-order chi connectivity index (χ1) is 9.09. The molecule has 2 rings (SSSR count). The van der Waals surface area contributed by atoms with Crippen LogP contribution < -0.4 is 5.73 Å². The summed E-state index contributed by atoms with van der Waals surface area (Å²) in [6, 6.07) is 15.2. The maximum Gasteiger partial charge on any atom is 0.232 e. The lowest BCUT2D eigenvalue weighted by Gasteiger charge is -2.12. The van der Waals surface area contributed by atoms with E-state index < -0.39 is 11.8 Å². The van der Waals surface area contributed by atoms with Crippen LogP contribution in [0.15, 0.2) is 54.6 Å². The molecule has 0 radical (unpaired) electrons. The SMILES string of the molecule is NC(=O)C(C(=O)c1ccc(Cl)cc1)c1ccccc1. The van der Waals surface area contributed by atoms with Gasteiger partial charge in [0, 0.05) is 10.6 Å². The van der Waals surface area contributed by atoms with E-state index >= 15 is 0 Å². The van der Waals surface area contributed by atoms with Gasteiger partial charge >= 0.3 is 0 Å². The molecular formula is C15H12ClNO2. The largest absolute Gasteiger partial charge is 0.369 e. The first kappa shape index (κ1) is 13.3. The minimum atomic E-state index is -0.970. The van der Waals surface area contributed by atoms with Crippen LogP contribution in [-0.4, -0.2) is 11.7 Å². The van der Waals surface area contributed by atoms with Gasteiger partial charge in [-0.1, -0.05) is 41.9 Å². The summed E-state index contributed by atoms with van der Waals surface area (Å²) in [6.45, 7) is 0. The van der Waals surface area contributed by atoms with Gasteiger partial charge in [0.2, 0.25) is 5.91 Å². The summed E-state index contributed by atoms with van der Waals surface area (Å²) in [5, 5.41) is 0.534. The average Bonchev–Trinajstić information content (AvgIpc) is 2.40. The van der Waals surface area contributed by atoms with Gasteiger partial charge < -0.3 is 5.73 Å². The van der Waals surface area contributed by atoms with Crippen LogP contribution in [0.25, 0.3) is 0 Å². The summed E-state index contributed by atoms with van der Waals surface area (Å²) in [7, 11) is 0. The Kier molecular flexibility index (Phi) is 3.97. The second kappa shape index (κ2) is 5.67. The molecule has 1 unspecified atom stereocenters. The molecule has 0 aliphatic heterocycles. The molecule has 0 heterocycles. The van der Waals surface area contributed by atoms with Crippen LogP contribution >= 0.6 is 11.6 Å². The Morgan fingerprint density at radius 2 is 1.53 bits per heavy atom. The lowest BCUT2D eigenvalue weighted by atomic mass is 9.90. The van der Waals surface area contributed by atoms with E-state index in [9.17, 15) is 9.59 Å². The molecule has 2 aromatic rings. The number of benzene rings is 2. The first-order valence-electron chi connectivity index (χ1n) is 5.73. The van der Waals surface area contributed by atoms with Gasteiger partial charge in [-0.2, -0.15) is 0 Å². The minimum absolute atomic E-state index is 0.324. The standard InChI is InChI=1S/C15H12ClNO2/c16-12-8-6-11(7-9-12)14(18)13(15(17)19)10-4-2-1-3-5-10/h1-9,13H,(H2,17,19). The molecule has 2 aromatic carbocycles. The number of nitrogens with two attached hydrogens (primary N) is 1. The van der Waals surface area contributed by atoms with Crippen molar-refractivity contribution in [2.75, 3.05) is 0 Å². The van der Waals surface area contributed by atoms with Crippen molar-refractivity contribution >= 4 is 23.3 Å². The van der Waals surface area contributed by atoms with Crippen LogP contribution in [-0.2, 0) is 4.79 Å². The van der Waals surface area contributed by atoms with Crippen LogP contribution in [0.3, 0.4) is 0 Å². The van der Waals surface area contributed by atoms with Gasteiger partial charge in [-0.25, -0.2) is 0 Å². The number of hydrogen-bond acceptors (Lipinski definition) is 2. The summed E-state index contributed by atoms with van der Waals surface area (Å²) in [6.07, 6.45) is 0. The molecule has 0 aromatic heterocycles. The molecule has 3 nitrogen and oxygen atoms in total. The van der Waals surface area contributed by atoms with E-state index in [1.807, 2.05) is 6.07 Å². The van der Waals surface area contributed by atoms with E-state index in [4.69, 9.17) is 17.3 Å². The molecule has 0 aliphatic carbocycles. The predicted molar refractivity (Wildman–Crippen MR) is 74.2 cm³/mol. The zero-order chi connectivity index (χ0) is 13.8. The third-order valence-corrected chi connectivity index (χ3v) is 3.06. The monoisotopic (exact) mass is 273 g/mol. The van der Waals surface area contributed by atoms with Crippen molar-refractivity contribution in [3.8, 4) is 0 Å². The fraction of sp³-hybridized carbons (Fsp3) is 0.0667. The third kappa shape index (κ3) is 3.01. The Morgan fingerprint density at radius 3 is 2.05 bits per heavy atom. The Labute approximate surface area is 116 Å². The van der Waals surface area contributed by atoms with Gasteiger partial charge in [0.05, 0.1) is 0 Å². The number of hydrogen-bond donors (Lipinski definition) is 1. The number of amides is 1. The van der Waals surface area contributed by atoms with Gasteiger partial charge in [0.25, 0.3) is 0 Å². The highest BCUT2D eigenvalue weighted by molar-refractivity contribution is 6.30. The lowest BCUT2D eigenvalue weighted by Crippen LogP contribution is -2.28. The van der Waals surface area contributed by atoms with E-state index in [1.54, 1.807) is 48.5 Å². The highest BCUT2D eigenvalue weighted by atomic mass is 35.5. The van der Waals surface area contributed by atoms with Crippen molar-refractivity contribution in [2.24, 2.45) is 5.73 Å². The van der Waals surface area contributed by atoms with Crippen molar-refractivity contribution in [3.05, 3.63) is 70.7 Å². The molecule has 1 atom stereocenters. The fourth-order valence-electron chi connectivity index (χ4n) is 1.87. The molecule has 0 bridgehead atoms. The lowest BCUT2D eigenvalue weighted by molar-refractivity contribution is -0.118. The molecule has 2 N–H and O–H groups in total. The van der Waals surface area contributed by atoms with Gasteiger partial charge in [-0.15, -0.1) is 0 Å². The average molecular weight is 274 g/mol. The van der Waals surface area contributed by atoms with Gasteiger partial charge in [0.15, 0.2) is 5.78 Å². The zero-order valence-corrected chi connectivity index (χ0v) is 10.8. The molecule has 0 fully saturated rings. The fourth-order valence-corrected chi connectivity index (χ4v) is 2.00. The van der Waals surface area contributed by atoms with Gasteiger partial charge in [-0.05, 0) is 29.8 Å². The van der Waals surface area contributed by atoms with E-state index in [0.29, 0.717) is 16.1 Å². The molecule has 1 amide bonds. The number of Topliss-reactive ketones (excluding diaryl/α,β-unsaturated/α-hetero) is 1. The van der Waals surface area contributed by atoms with Crippen molar-refractivity contribution in [3.63, 3.8) is 0 Å². The van der Waals surface area contributed by atoms with Crippen LogP contribution in [0.5, 0.6) is 0 Å². The molecule has 0 spiro atoms. The second-order valence-corrected chi connectivity index (χ2v) is 4.55. The van der Waals surface area contributed by atoms with Crippen molar-refractivity contribution in [2.45, 2.75) is 5.92 Å². The quantitative estimate of drug-likeness (QED) is 0.688. The maximum absolute atomic E-state index is 12.4. The van der Waals surface area contributed by atoms with E-state index in [0.717, 1.165) is 0 Å². The van der Waals surface area contributed by atoms with E-state index in [2.05, 4.69) is 0 Å². The molecule has 0 saturated carbocycles. The van der Waals surface area contributed by atoms with Crippen molar-refractivity contribution in [1.82, 2.24) is 0 Å². The predicted octanol–water partition coefficient (Wildman–Crippen LogP) is 2.79. The summed E-state index contributed by atoms with van der Waals surface area (Å²) < 4.78 is 0. The number of ketones is 1.